The second-order valence-electron chi connectivity index (χ2n) is 29.7. The first-order chi connectivity index (χ1) is 44.9. The van der Waals surface area contributed by atoms with Crippen molar-refractivity contribution in [3.8, 4) is 0 Å². The lowest BCUT2D eigenvalue weighted by atomic mass is 9.90. The normalized spacial score (nSPS) is 41.2. The summed E-state index contributed by atoms with van der Waals surface area (Å²) >= 11 is 5.69. The van der Waals surface area contributed by atoms with Crippen LogP contribution in [-0.2, 0) is 24.0 Å². The molecule has 95 heavy (non-hydrogen) atoms. The number of hydrogen-bond acceptors (Lipinski definition) is 25. The molecule has 0 spiro atoms. The van der Waals surface area contributed by atoms with Gasteiger partial charge in [-0.15, -0.1) is 11.8 Å². The van der Waals surface area contributed by atoms with Crippen LogP contribution in [0.15, 0.2) is 0 Å². The number of piperazine rings is 1. The van der Waals surface area contributed by atoms with Gasteiger partial charge < -0.3 is 56.8 Å². The van der Waals surface area contributed by atoms with Crippen LogP contribution >= 0.6 is 35.7 Å². The second kappa shape index (κ2) is 55.7. The molecule has 0 bridgehead atoms. The Kier molecular flexibility index (Phi) is 54.6. The first kappa shape index (κ1) is 93.2. The zero-order valence-corrected chi connectivity index (χ0v) is 68.0. The first-order valence-electron chi connectivity index (χ1n) is 37.6. The number of hydrazine groups is 2. The summed E-state index contributed by atoms with van der Waals surface area (Å²) < 4.78 is 17.0. The van der Waals surface area contributed by atoms with E-state index in [1.807, 2.05) is 35.7 Å². The summed E-state index contributed by atoms with van der Waals surface area (Å²) in [6.45, 7) is 69.5. The van der Waals surface area contributed by atoms with E-state index in [0.29, 0.717) is 96.7 Å². The van der Waals surface area contributed by atoms with Crippen LogP contribution in [0.2, 0.25) is 0 Å². The van der Waals surface area contributed by atoms with Crippen LogP contribution in [0.4, 0.5) is 0 Å². The molecule has 13 aliphatic heterocycles. The molecule has 0 aromatic carbocycles. The van der Waals surface area contributed by atoms with Crippen molar-refractivity contribution in [2.45, 2.75) is 319 Å². The number of hydroxylamine groups is 3. The molecule has 13 aliphatic rings. The third-order valence-electron chi connectivity index (χ3n) is 20.7. The number of rotatable bonds is 0. The molecular formula is C70H157N17O5S3. The molecule has 0 aromatic rings. The molecule has 17 N–H and O–H groups in total. The molecule has 13 rings (SSSR count). The molecule has 25 heteroatoms. The standard InChI is InChI=1S/2C7H15N.C6H14N2.C6H13NO.C5H12N2.4C5H11NO.3C5H11NS.C4H11N3/c1-6-3-4-8-5-7(6)2;1-6-4-3-5-8-7(6)2;2*1-5-6(2)8-4-3-7-5;2*1-4-5(2)7-3-6-4;1-4-3-7-6-5(4)2;1-4-3-6-7-5(4)2;1-4-3-5(2)7-6-4;1-4-5(2)7-3-6-4;1-4-3-7-6-5(4)2;1-4-3-6-7-5(4)2;1-3-4(2)6-7-5-3/h2*6-8H,3-5H2,1-2H3;5-8H,3-4H2,1-2H3;5-7H,3-4H2,1-2H3;4-7H,3H2,1-2H3;7*4-6H,3H2,1-2H3;3-7H,1-2H3. The van der Waals surface area contributed by atoms with Gasteiger partial charge in [-0.1, -0.05) is 86.2 Å². The van der Waals surface area contributed by atoms with Crippen molar-refractivity contribution in [1.82, 2.24) is 90.1 Å². The summed E-state index contributed by atoms with van der Waals surface area (Å²) in [5.74, 6) is 8.24. The fourth-order valence-electron chi connectivity index (χ4n) is 9.80. The number of morpholine rings is 1. The lowest BCUT2D eigenvalue weighted by molar-refractivity contribution is 0.0135. The summed E-state index contributed by atoms with van der Waals surface area (Å²) in [6.07, 6.45) is 6.89. The number of ether oxygens (including phenoxy) is 2. The van der Waals surface area contributed by atoms with Crippen LogP contribution in [-0.4, -0.2) is 204 Å². The predicted octanol–water partition coefficient (Wildman–Crippen LogP) is 7.98. The van der Waals surface area contributed by atoms with E-state index in [1.165, 1.54) is 51.2 Å². The van der Waals surface area contributed by atoms with E-state index in [2.05, 4.69) is 270 Å². The molecule has 0 amide bonds. The minimum Gasteiger partial charge on any atom is -0.376 e. The zero-order chi connectivity index (χ0) is 71.4. The Hall–Kier alpha value is 0.170. The molecule has 0 aliphatic carbocycles. The van der Waals surface area contributed by atoms with Gasteiger partial charge in [0.15, 0.2) is 0 Å². The summed E-state index contributed by atoms with van der Waals surface area (Å²) in [4.78, 5) is 14.9. The SMILES string of the molecule is CC1CC(C)ON1.CC1CCCNC1C.CC1CCNCC1C.CC1CNOC1C.CC1CNSC1C.CC1CONC1C.CC1CSNC1C.CC1NCCNC1C.CC1NCCOC1C.CC1NCNC1C.CC1NCOC1C.CC1NCSC1C.CC1NNNC1C. The average Bonchev–Trinajstić information content (AvgIpc) is 3.57. The molecule has 0 saturated carbocycles. The Labute approximate surface area is 597 Å². The van der Waals surface area contributed by atoms with E-state index in [9.17, 15) is 0 Å². The van der Waals surface area contributed by atoms with Crippen molar-refractivity contribution in [3.05, 3.63) is 0 Å². The molecule has 26 atom stereocenters. The minimum absolute atomic E-state index is 0.392. The molecule has 22 nitrogen and oxygen atoms in total. The van der Waals surface area contributed by atoms with Crippen LogP contribution in [0, 0.1) is 41.4 Å². The maximum atomic E-state index is 5.33. The highest BCUT2D eigenvalue weighted by atomic mass is 32.2. The van der Waals surface area contributed by atoms with Gasteiger partial charge in [-0.25, -0.2) is 16.3 Å². The third-order valence-corrected chi connectivity index (χ3v) is 24.4. The van der Waals surface area contributed by atoms with E-state index >= 15 is 0 Å². The maximum Gasteiger partial charge on any atom is 0.0972 e. The van der Waals surface area contributed by atoms with Gasteiger partial charge in [0.05, 0.1) is 44.4 Å². The lowest BCUT2D eigenvalue weighted by Crippen LogP contribution is -2.52. The summed E-state index contributed by atoms with van der Waals surface area (Å²) in [5.41, 5.74) is 17.4. The highest BCUT2D eigenvalue weighted by Gasteiger charge is 2.24. The van der Waals surface area contributed by atoms with Crippen LogP contribution in [0.1, 0.15) is 206 Å². The molecule has 0 radical (unpaired) electrons. The molecule has 570 valence electrons. The number of hydrogen-bond donors (Lipinski definition) is 17. The topological polar surface area (TPSA) is 251 Å². The number of nitrogens with one attached hydrogen (secondary N) is 17. The van der Waals surface area contributed by atoms with Gasteiger partial charge in [0.2, 0.25) is 0 Å². The Morgan fingerprint density at radius 2 is 1.00 bits per heavy atom. The smallest absolute Gasteiger partial charge is 0.0972 e. The van der Waals surface area contributed by atoms with Crippen molar-refractivity contribution >= 4 is 35.7 Å². The molecule has 13 fully saturated rings. The summed E-state index contributed by atoms with van der Waals surface area (Å²) in [6, 6.07) is 8.05. The molecule has 13 heterocycles. The predicted molar refractivity (Wildman–Crippen MR) is 412 cm³/mol. The van der Waals surface area contributed by atoms with Gasteiger partial charge in [0.1, 0.15) is 0 Å². The molecule has 26 unspecified atom stereocenters. The largest absolute Gasteiger partial charge is 0.376 e. The van der Waals surface area contributed by atoms with E-state index in [4.69, 9.17) is 24.0 Å². The maximum absolute atomic E-state index is 5.33. The molecule has 0 aromatic heterocycles. The van der Waals surface area contributed by atoms with Gasteiger partial charge in [-0.2, -0.15) is 16.5 Å². The van der Waals surface area contributed by atoms with Crippen LogP contribution in [0.25, 0.3) is 0 Å². The Morgan fingerprint density at radius 1 is 0.400 bits per heavy atom. The Balaban J connectivity index is 0.000000515. The number of piperidine rings is 2. The van der Waals surface area contributed by atoms with Crippen molar-refractivity contribution in [2.75, 3.05) is 90.6 Å². The minimum atomic E-state index is 0.392. The summed E-state index contributed by atoms with van der Waals surface area (Å²) in [7, 11) is 0. The third kappa shape index (κ3) is 45.1. The van der Waals surface area contributed by atoms with Gasteiger partial charge in [0, 0.05) is 140 Å². The number of thioether (sulfide) groups is 1. The highest BCUT2D eigenvalue weighted by Crippen LogP contribution is 2.23. The monoisotopic (exact) mass is 1410 g/mol. The van der Waals surface area contributed by atoms with Crippen LogP contribution < -0.4 is 90.1 Å². The Morgan fingerprint density at radius 3 is 1.21 bits per heavy atom. The summed E-state index contributed by atoms with van der Waals surface area (Å²) in [5, 5.41) is 31.5. The van der Waals surface area contributed by atoms with Crippen molar-refractivity contribution in [2.24, 2.45) is 41.4 Å². The highest BCUT2D eigenvalue weighted by molar-refractivity contribution is 8.00. The second-order valence-corrected chi connectivity index (χ2v) is 33.1. The fraction of sp³-hybridized carbons (Fsp3) is 1.00. The van der Waals surface area contributed by atoms with Crippen molar-refractivity contribution < 1.29 is 24.0 Å². The quantitative estimate of drug-likeness (QED) is 0.103. The fourth-order valence-corrected chi connectivity index (χ4v) is 12.9. The molecule has 13 saturated heterocycles. The van der Waals surface area contributed by atoms with Gasteiger partial charge >= 0.3 is 0 Å². The van der Waals surface area contributed by atoms with E-state index < -0.39 is 0 Å². The van der Waals surface area contributed by atoms with Gasteiger partial charge in [-0.05, 0) is 204 Å². The lowest BCUT2D eigenvalue weighted by Gasteiger charge is -2.27. The van der Waals surface area contributed by atoms with Crippen molar-refractivity contribution in [1.29, 1.82) is 0 Å². The van der Waals surface area contributed by atoms with E-state index in [-0.39, 0.29) is 0 Å². The van der Waals surface area contributed by atoms with E-state index in [1.54, 1.807) is 0 Å². The van der Waals surface area contributed by atoms with Gasteiger partial charge in [0.25, 0.3) is 0 Å². The van der Waals surface area contributed by atoms with Crippen LogP contribution in [0.5, 0.6) is 0 Å². The van der Waals surface area contributed by atoms with Gasteiger partial charge in [-0.3, -0.25) is 24.4 Å². The zero-order valence-electron chi connectivity index (χ0n) is 65.5. The van der Waals surface area contributed by atoms with Crippen LogP contribution in [0.3, 0.4) is 0 Å². The Bertz CT molecular complexity index is 1380. The molecular weight excluding hydrogens is 1260 g/mol. The average molecular weight is 1410 g/mol. The van der Waals surface area contributed by atoms with Crippen molar-refractivity contribution in [3.63, 3.8) is 0 Å². The first-order valence-corrected chi connectivity index (χ1v) is 40.5. The van der Waals surface area contributed by atoms with E-state index in [0.717, 1.165) is 123 Å².